The zero-order chi connectivity index (χ0) is 19.5. The number of carbonyl (C=O) groups is 1. The van der Waals surface area contributed by atoms with Crippen LogP contribution in [0.3, 0.4) is 0 Å². The first-order valence-corrected chi connectivity index (χ1v) is 8.51. The molecule has 0 radical (unpaired) electrons. The number of benzene rings is 1. The Hall–Kier alpha value is -2.44. The topological polar surface area (TPSA) is 77.2 Å². The van der Waals surface area contributed by atoms with Crippen LogP contribution in [0.1, 0.15) is 58.3 Å². The molecule has 6 nitrogen and oxygen atoms in total. The van der Waals surface area contributed by atoms with Gasteiger partial charge in [-0.25, -0.2) is 4.39 Å². The van der Waals surface area contributed by atoms with Gasteiger partial charge in [0, 0.05) is 11.8 Å². The molecule has 0 saturated heterocycles. The lowest BCUT2D eigenvalue weighted by Crippen LogP contribution is -2.42. The van der Waals surface area contributed by atoms with Crippen molar-refractivity contribution in [3.05, 3.63) is 41.3 Å². The zero-order valence-electron chi connectivity index (χ0n) is 16.1. The highest BCUT2D eigenvalue weighted by Crippen LogP contribution is 2.24. The van der Waals surface area contributed by atoms with Gasteiger partial charge in [0.2, 0.25) is 11.8 Å². The summed E-state index contributed by atoms with van der Waals surface area (Å²) in [7, 11) is 1.41. The van der Waals surface area contributed by atoms with Gasteiger partial charge in [-0.3, -0.25) is 4.79 Å². The van der Waals surface area contributed by atoms with E-state index in [0.29, 0.717) is 18.1 Å². The molecular formula is C19H26FN3O3. The van der Waals surface area contributed by atoms with Crippen LogP contribution >= 0.6 is 0 Å². The summed E-state index contributed by atoms with van der Waals surface area (Å²) in [4.78, 5) is 16.7. The standard InChI is InChI=1S/C19H26FN3O3/c1-18(2,3)17-21-16(23-26-17)19(4,5)22-15(24)10-8-12-7-9-14(25-6)13(20)11-12/h7,9,11H,8,10H2,1-6H3,(H,22,24). The highest BCUT2D eigenvalue weighted by Gasteiger charge is 2.31. The minimum absolute atomic E-state index is 0.173. The third-order valence-electron chi connectivity index (χ3n) is 3.94. The molecule has 26 heavy (non-hydrogen) atoms. The van der Waals surface area contributed by atoms with E-state index in [9.17, 15) is 9.18 Å². The van der Waals surface area contributed by atoms with Crippen LogP contribution < -0.4 is 10.1 Å². The summed E-state index contributed by atoms with van der Waals surface area (Å²) >= 11 is 0. The van der Waals surface area contributed by atoms with Gasteiger partial charge in [0.05, 0.1) is 12.6 Å². The molecule has 0 aliphatic heterocycles. The number of rotatable bonds is 6. The fourth-order valence-electron chi connectivity index (χ4n) is 2.37. The third-order valence-corrected chi connectivity index (χ3v) is 3.94. The molecule has 1 N–H and O–H groups in total. The van der Waals surface area contributed by atoms with Crippen molar-refractivity contribution in [2.45, 2.75) is 58.4 Å². The van der Waals surface area contributed by atoms with E-state index in [2.05, 4.69) is 15.5 Å². The Morgan fingerprint density at radius 2 is 1.96 bits per heavy atom. The molecule has 0 saturated carbocycles. The van der Waals surface area contributed by atoms with Crippen LogP contribution in [0.4, 0.5) is 4.39 Å². The van der Waals surface area contributed by atoms with Crippen LogP contribution in [0.5, 0.6) is 5.75 Å². The average Bonchev–Trinajstić information content (AvgIpc) is 3.04. The molecule has 0 bridgehead atoms. The number of ether oxygens (including phenoxy) is 1. The molecule has 1 amide bonds. The maximum Gasteiger partial charge on any atom is 0.232 e. The van der Waals surface area contributed by atoms with E-state index in [1.807, 2.05) is 34.6 Å². The Morgan fingerprint density at radius 3 is 2.50 bits per heavy atom. The minimum atomic E-state index is -0.769. The predicted octanol–water partition coefficient (Wildman–Crippen LogP) is 3.50. The minimum Gasteiger partial charge on any atom is -0.494 e. The first kappa shape index (κ1) is 19.9. The van der Waals surface area contributed by atoms with Gasteiger partial charge in [-0.1, -0.05) is 32.0 Å². The van der Waals surface area contributed by atoms with E-state index in [1.54, 1.807) is 12.1 Å². The van der Waals surface area contributed by atoms with E-state index in [4.69, 9.17) is 9.26 Å². The predicted molar refractivity (Wildman–Crippen MR) is 95.4 cm³/mol. The molecule has 1 aromatic heterocycles. The van der Waals surface area contributed by atoms with Crippen molar-refractivity contribution in [1.29, 1.82) is 0 Å². The van der Waals surface area contributed by atoms with Crippen molar-refractivity contribution >= 4 is 5.91 Å². The summed E-state index contributed by atoms with van der Waals surface area (Å²) < 4.78 is 23.9. The molecule has 0 fully saturated rings. The monoisotopic (exact) mass is 363 g/mol. The zero-order valence-corrected chi connectivity index (χ0v) is 16.1. The summed E-state index contributed by atoms with van der Waals surface area (Å²) in [6.45, 7) is 9.56. The SMILES string of the molecule is COc1ccc(CCC(=O)NC(C)(C)c2noc(C(C)(C)C)n2)cc1F. The number of hydrogen-bond acceptors (Lipinski definition) is 5. The number of aromatic nitrogens is 2. The fourth-order valence-corrected chi connectivity index (χ4v) is 2.37. The second-order valence-corrected chi connectivity index (χ2v) is 7.82. The lowest BCUT2D eigenvalue weighted by Gasteiger charge is -2.22. The number of carbonyl (C=O) groups excluding carboxylic acids is 1. The molecule has 2 aromatic rings. The second-order valence-electron chi connectivity index (χ2n) is 7.82. The molecular weight excluding hydrogens is 337 g/mol. The van der Waals surface area contributed by atoms with Crippen molar-refractivity contribution < 1.29 is 18.4 Å². The van der Waals surface area contributed by atoms with E-state index in [-0.39, 0.29) is 23.5 Å². The average molecular weight is 363 g/mol. The van der Waals surface area contributed by atoms with Crippen LogP contribution in [0.25, 0.3) is 0 Å². The lowest BCUT2D eigenvalue weighted by molar-refractivity contribution is -0.122. The van der Waals surface area contributed by atoms with Crippen molar-refractivity contribution in [1.82, 2.24) is 15.5 Å². The van der Waals surface area contributed by atoms with Crippen LogP contribution in [0.2, 0.25) is 0 Å². The fraction of sp³-hybridized carbons (Fsp3) is 0.526. The smallest absolute Gasteiger partial charge is 0.232 e. The molecule has 0 atom stereocenters. The Bertz CT molecular complexity index is 779. The van der Waals surface area contributed by atoms with Gasteiger partial charge in [0.15, 0.2) is 17.4 Å². The van der Waals surface area contributed by atoms with Crippen LogP contribution in [0.15, 0.2) is 22.7 Å². The van der Waals surface area contributed by atoms with Gasteiger partial charge < -0.3 is 14.6 Å². The molecule has 2 rings (SSSR count). The number of halogens is 1. The molecule has 0 spiro atoms. The second kappa shape index (κ2) is 7.43. The molecule has 142 valence electrons. The van der Waals surface area contributed by atoms with Gasteiger partial charge in [-0.15, -0.1) is 0 Å². The maximum atomic E-state index is 13.7. The van der Waals surface area contributed by atoms with E-state index >= 15 is 0 Å². The Morgan fingerprint density at radius 1 is 1.27 bits per heavy atom. The third kappa shape index (κ3) is 4.80. The summed E-state index contributed by atoms with van der Waals surface area (Å²) in [5.41, 5.74) is -0.301. The van der Waals surface area contributed by atoms with Crippen LogP contribution in [-0.2, 0) is 22.2 Å². The van der Waals surface area contributed by atoms with E-state index in [0.717, 1.165) is 5.56 Å². The van der Waals surface area contributed by atoms with Crippen molar-refractivity contribution in [2.75, 3.05) is 7.11 Å². The van der Waals surface area contributed by atoms with Crippen LogP contribution in [-0.4, -0.2) is 23.2 Å². The number of nitrogens with one attached hydrogen (secondary N) is 1. The number of amides is 1. The van der Waals surface area contributed by atoms with E-state index < -0.39 is 11.4 Å². The van der Waals surface area contributed by atoms with Crippen molar-refractivity contribution in [3.8, 4) is 5.75 Å². The van der Waals surface area contributed by atoms with E-state index in [1.165, 1.54) is 13.2 Å². The summed E-state index contributed by atoms with van der Waals surface area (Å²) in [6, 6.07) is 4.68. The molecule has 7 heteroatoms. The quantitative estimate of drug-likeness (QED) is 0.850. The number of methoxy groups -OCH3 is 1. The van der Waals surface area contributed by atoms with Crippen LogP contribution in [0, 0.1) is 5.82 Å². The first-order chi connectivity index (χ1) is 12.0. The number of aryl methyl sites for hydroxylation is 1. The van der Waals surface area contributed by atoms with Gasteiger partial charge in [-0.05, 0) is 38.0 Å². The number of nitrogens with zero attached hydrogens (tertiary/aromatic N) is 2. The van der Waals surface area contributed by atoms with Gasteiger partial charge >= 0.3 is 0 Å². The molecule has 0 aliphatic carbocycles. The molecule has 1 aromatic carbocycles. The molecule has 0 unspecified atom stereocenters. The highest BCUT2D eigenvalue weighted by molar-refractivity contribution is 5.77. The molecule has 1 heterocycles. The molecule has 0 aliphatic rings. The first-order valence-electron chi connectivity index (χ1n) is 8.51. The maximum absolute atomic E-state index is 13.7. The lowest BCUT2D eigenvalue weighted by atomic mass is 9.97. The highest BCUT2D eigenvalue weighted by atomic mass is 19.1. The Labute approximate surface area is 153 Å². The van der Waals surface area contributed by atoms with Crippen molar-refractivity contribution in [3.63, 3.8) is 0 Å². The van der Waals surface area contributed by atoms with Gasteiger partial charge in [0.1, 0.15) is 0 Å². The summed E-state index contributed by atoms with van der Waals surface area (Å²) in [5.74, 6) is 0.515. The normalized spacial score (nSPS) is 12.1. The Kier molecular flexibility index (Phi) is 5.68. The summed E-state index contributed by atoms with van der Waals surface area (Å²) in [5, 5.41) is 6.89. The van der Waals surface area contributed by atoms with Crippen molar-refractivity contribution in [2.24, 2.45) is 0 Å². The van der Waals surface area contributed by atoms with Gasteiger partial charge in [0.25, 0.3) is 0 Å². The largest absolute Gasteiger partial charge is 0.494 e. The Balaban J connectivity index is 1.98. The summed E-state index contributed by atoms with van der Waals surface area (Å²) in [6.07, 6.45) is 0.640. The number of hydrogen-bond donors (Lipinski definition) is 1. The van der Waals surface area contributed by atoms with Gasteiger partial charge in [-0.2, -0.15) is 4.98 Å².